The van der Waals surface area contributed by atoms with E-state index >= 15 is 0 Å². The highest BCUT2D eigenvalue weighted by Gasteiger charge is 2.41. The third-order valence-electron chi connectivity index (χ3n) is 8.20. The van der Waals surface area contributed by atoms with E-state index in [1.54, 1.807) is 0 Å². The lowest BCUT2D eigenvalue weighted by Gasteiger charge is -2.45. The van der Waals surface area contributed by atoms with Crippen LogP contribution in [0.25, 0.3) is 11.1 Å². The molecule has 4 heterocycles. The smallest absolute Gasteiger partial charge is 0.101 e. The fourth-order valence-corrected chi connectivity index (χ4v) is 5.56. The van der Waals surface area contributed by atoms with Crippen LogP contribution in [0.1, 0.15) is 46.1 Å². The van der Waals surface area contributed by atoms with E-state index < -0.39 is 0 Å². The molecular weight excluding hydrogens is 492 g/mol. The Morgan fingerprint density at radius 1 is 1.00 bits per heavy atom. The summed E-state index contributed by atoms with van der Waals surface area (Å²) in [6.07, 6.45) is 12.8. The molecule has 3 aliphatic rings. The minimum Gasteiger partial charge on any atom is -0.370 e. The summed E-state index contributed by atoms with van der Waals surface area (Å²) in [4.78, 5) is 11.8. The van der Waals surface area contributed by atoms with Gasteiger partial charge in [0.25, 0.3) is 0 Å². The SMILES string of the molecule is C=C(/C=C\C(=C/C)NC(=C)C1(C)Nc2ccc(-c3cncc(N4CCCC4)c3)cc21)CN1CCN(C)CC1.CC. The number of hydrogen-bond donors (Lipinski definition) is 2. The van der Waals surface area contributed by atoms with Crippen molar-refractivity contribution in [1.82, 2.24) is 20.1 Å². The number of hydrogen-bond acceptors (Lipinski definition) is 6. The number of benzene rings is 1. The molecule has 3 aliphatic heterocycles. The average molecular weight is 541 g/mol. The van der Waals surface area contributed by atoms with Gasteiger partial charge in [-0.25, -0.2) is 0 Å². The van der Waals surface area contributed by atoms with Gasteiger partial charge in [0.1, 0.15) is 5.54 Å². The number of anilines is 2. The highest BCUT2D eigenvalue weighted by Crippen LogP contribution is 2.46. The summed E-state index contributed by atoms with van der Waals surface area (Å²) in [5.74, 6) is 0. The van der Waals surface area contributed by atoms with Gasteiger partial charge in [-0.2, -0.15) is 0 Å². The molecule has 0 saturated carbocycles. The Morgan fingerprint density at radius 2 is 1.73 bits per heavy atom. The zero-order valence-electron chi connectivity index (χ0n) is 25.3. The lowest BCUT2D eigenvalue weighted by atomic mass is 9.79. The van der Waals surface area contributed by atoms with Crippen LogP contribution in [-0.2, 0) is 5.54 Å². The first kappa shape index (κ1) is 29.6. The number of likely N-dealkylation sites (N-methyl/N-ethyl adjacent to an activating group) is 1. The van der Waals surface area contributed by atoms with Crippen LogP contribution in [0.5, 0.6) is 0 Å². The second-order valence-corrected chi connectivity index (χ2v) is 11.1. The number of nitrogens with zero attached hydrogens (tertiary/aromatic N) is 4. The number of aromatic nitrogens is 1. The summed E-state index contributed by atoms with van der Waals surface area (Å²) in [5, 5.41) is 7.18. The predicted octanol–water partition coefficient (Wildman–Crippen LogP) is 6.38. The first-order valence-electron chi connectivity index (χ1n) is 14.9. The van der Waals surface area contributed by atoms with Crippen molar-refractivity contribution in [2.45, 2.75) is 46.1 Å². The van der Waals surface area contributed by atoms with Crippen molar-refractivity contribution in [2.75, 3.05) is 63.1 Å². The van der Waals surface area contributed by atoms with Gasteiger partial charge in [-0.15, -0.1) is 0 Å². The zero-order valence-corrected chi connectivity index (χ0v) is 25.3. The second-order valence-electron chi connectivity index (χ2n) is 11.1. The van der Waals surface area contributed by atoms with E-state index in [1.165, 1.54) is 29.7 Å². The number of nitrogens with one attached hydrogen (secondary N) is 2. The minimum atomic E-state index is -0.357. The van der Waals surface area contributed by atoms with Crippen molar-refractivity contribution in [3.05, 3.63) is 90.6 Å². The van der Waals surface area contributed by atoms with Crippen LogP contribution < -0.4 is 15.5 Å². The Morgan fingerprint density at radius 3 is 2.42 bits per heavy atom. The first-order valence-corrected chi connectivity index (χ1v) is 14.9. The van der Waals surface area contributed by atoms with Crippen LogP contribution in [0.15, 0.2) is 85.0 Å². The van der Waals surface area contributed by atoms with Crippen LogP contribution in [0, 0.1) is 0 Å². The summed E-state index contributed by atoms with van der Waals surface area (Å²) in [5.41, 5.74) is 8.66. The van der Waals surface area contributed by atoms with E-state index in [1.807, 2.05) is 33.2 Å². The van der Waals surface area contributed by atoms with Crippen molar-refractivity contribution >= 4 is 11.4 Å². The van der Waals surface area contributed by atoms with E-state index in [2.05, 4.69) is 99.9 Å². The van der Waals surface area contributed by atoms with Gasteiger partial charge in [0, 0.05) is 80.2 Å². The number of pyridine rings is 1. The van der Waals surface area contributed by atoms with E-state index in [-0.39, 0.29) is 5.54 Å². The van der Waals surface area contributed by atoms with Gasteiger partial charge in [0.15, 0.2) is 0 Å². The van der Waals surface area contributed by atoms with Crippen LogP contribution in [0.4, 0.5) is 11.4 Å². The van der Waals surface area contributed by atoms with E-state index in [0.717, 1.165) is 74.0 Å². The van der Waals surface area contributed by atoms with E-state index in [9.17, 15) is 0 Å². The van der Waals surface area contributed by atoms with E-state index in [0.29, 0.717) is 0 Å². The molecule has 2 aromatic rings. The normalized spacial score (nSPS) is 21.2. The van der Waals surface area contributed by atoms with Gasteiger partial charge in [0.05, 0.1) is 11.9 Å². The summed E-state index contributed by atoms with van der Waals surface area (Å²) in [6, 6.07) is 8.90. The molecule has 0 aliphatic carbocycles. The second kappa shape index (κ2) is 13.3. The molecule has 2 fully saturated rings. The average Bonchev–Trinajstić information content (AvgIpc) is 3.52. The maximum absolute atomic E-state index is 4.56. The highest BCUT2D eigenvalue weighted by atomic mass is 15.2. The lowest BCUT2D eigenvalue weighted by Crippen LogP contribution is -2.46. The summed E-state index contributed by atoms with van der Waals surface area (Å²) in [6.45, 7) is 24.5. The van der Waals surface area contributed by atoms with Crippen LogP contribution >= 0.6 is 0 Å². The summed E-state index contributed by atoms with van der Waals surface area (Å²) < 4.78 is 0. The Balaban J connectivity index is 0.00000181. The molecule has 2 N–H and O–H groups in total. The van der Waals surface area contributed by atoms with Crippen molar-refractivity contribution in [3.63, 3.8) is 0 Å². The molecule has 5 rings (SSSR count). The van der Waals surface area contributed by atoms with E-state index in [4.69, 9.17) is 0 Å². The quantitative estimate of drug-likeness (QED) is 0.360. The molecule has 6 nitrogen and oxygen atoms in total. The largest absolute Gasteiger partial charge is 0.370 e. The third kappa shape index (κ3) is 6.68. The summed E-state index contributed by atoms with van der Waals surface area (Å²) in [7, 11) is 2.18. The molecule has 1 aromatic heterocycles. The molecule has 0 amide bonds. The Hall–Kier alpha value is -3.35. The Bertz CT molecular complexity index is 1250. The van der Waals surface area contributed by atoms with Gasteiger partial charge in [-0.1, -0.05) is 45.2 Å². The van der Waals surface area contributed by atoms with Crippen molar-refractivity contribution < 1.29 is 0 Å². The Labute approximate surface area is 242 Å². The van der Waals surface area contributed by atoms with Crippen LogP contribution in [0.3, 0.4) is 0 Å². The molecule has 1 unspecified atom stereocenters. The monoisotopic (exact) mass is 540 g/mol. The maximum atomic E-state index is 4.56. The fraction of sp³-hybridized carbons (Fsp3) is 0.441. The lowest BCUT2D eigenvalue weighted by molar-refractivity contribution is 0.165. The number of allylic oxidation sites excluding steroid dienone is 2. The zero-order chi connectivity index (χ0) is 28.7. The van der Waals surface area contributed by atoms with Gasteiger partial charge in [0.2, 0.25) is 0 Å². The van der Waals surface area contributed by atoms with Gasteiger partial charge >= 0.3 is 0 Å². The van der Waals surface area contributed by atoms with Gasteiger partial charge in [-0.3, -0.25) is 9.88 Å². The number of fused-ring (bicyclic) bond motifs is 1. The van der Waals surface area contributed by atoms with Crippen molar-refractivity contribution in [3.8, 4) is 11.1 Å². The van der Waals surface area contributed by atoms with Crippen molar-refractivity contribution in [1.29, 1.82) is 0 Å². The molecule has 6 heteroatoms. The summed E-state index contributed by atoms with van der Waals surface area (Å²) >= 11 is 0. The molecular formula is C34H48N6. The molecule has 0 radical (unpaired) electrons. The topological polar surface area (TPSA) is 46.7 Å². The fourth-order valence-electron chi connectivity index (χ4n) is 5.56. The van der Waals surface area contributed by atoms with Crippen LogP contribution in [-0.4, -0.2) is 67.6 Å². The molecule has 1 aromatic carbocycles. The van der Waals surface area contributed by atoms with Crippen molar-refractivity contribution in [2.24, 2.45) is 0 Å². The minimum absolute atomic E-state index is 0.357. The molecule has 0 spiro atoms. The maximum Gasteiger partial charge on any atom is 0.101 e. The van der Waals surface area contributed by atoms with Crippen LogP contribution in [0.2, 0.25) is 0 Å². The number of piperazine rings is 1. The number of rotatable bonds is 9. The highest BCUT2D eigenvalue weighted by molar-refractivity contribution is 5.77. The molecule has 40 heavy (non-hydrogen) atoms. The van der Waals surface area contributed by atoms with Gasteiger partial charge in [-0.05, 0) is 69.1 Å². The molecule has 0 bridgehead atoms. The Kier molecular flexibility index (Phi) is 9.88. The molecule has 214 valence electrons. The standard InChI is InChI=1S/C32H42N6.C2H6/c1-6-28(11-9-24(2)23-37-17-15-36(5)16-18-37)34-25(3)32(4)30-20-26(10-12-31(30)35-32)27-19-29(22-33-21-27)38-13-7-8-14-38;1-2/h6,9-12,19-22,34-35H,2-3,7-8,13-18,23H2,1,4-5H3;1-2H3/b11-9-,28-6+;. The molecule has 2 saturated heterocycles. The first-order chi connectivity index (χ1) is 19.4. The third-order valence-corrected chi connectivity index (χ3v) is 8.20. The van der Waals surface area contributed by atoms with Gasteiger partial charge < -0.3 is 20.4 Å². The molecule has 1 atom stereocenters. The predicted molar refractivity (Wildman–Crippen MR) is 172 cm³/mol.